The number of hydrogen-bond donors (Lipinski definition) is 0. The van der Waals surface area contributed by atoms with Gasteiger partial charge in [0.2, 0.25) is 0 Å². The maximum absolute atomic E-state index is 8.61. The molecule has 0 N–H and O–H groups in total. The molecule has 0 fully saturated rings. The first-order valence-electron chi connectivity index (χ1n) is 19.4. The second kappa shape index (κ2) is 16.0. The molecular weight excluding hydrogens is 744 g/mol. The average molecular weight is 798 g/mol. The zero-order chi connectivity index (χ0) is 38.2. The minimum absolute atomic E-state index is 0.925. The van der Waals surface area contributed by atoms with Gasteiger partial charge in [0.1, 0.15) is 0 Å². The van der Waals surface area contributed by atoms with E-state index >= 15 is 0 Å². The van der Waals surface area contributed by atoms with Crippen molar-refractivity contribution in [3.8, 4) is 44.5 Å². The number of benzene rings is 6. The quantitative estimate of drug-likeness (QED) is 0.121. The van der Waals surface area contributed by atoms with E-state index < -0.39 is 11.4 Å². The molecule has 0 radical (unpaired) electrons. The van der Waals surface area contributed by atoms with E-state index in [2.05, 4.69) is 166 Å². The fourth-order valence-corrected chi connectivity index (χ4v) is 18.5. The van der Waals surface area contributed by atoms with Crippen molar-refractivity contribution in [2.24, 2.45) is 0 Å². The summed E-state index contributed by atoms with van der Waals surface area (Å²) in [5, 5.41) is 0. The summed E-state index contributed by atoms with van der Waals surface area (Å²) in [5.74, 6) is 0. The monoisotopic (exact) mass is 798 g/mol. The zero-order valence-corrected chi connectivity index (χ0v) is 36.9. The van der Waals surface area contributed by atoms with Gasteiger partial charge < -0.3 is 0 Å². The fourth-order valence-electron chi connectivity index (χ4n) is 9.13. The van der Waals surface area contributed by atoms with Crippen LogP contribution in [0.5, 0.6) is 0 Å². The van der Waals surface area contributed by atoms with E-state index in [1.807, 2.05) is 0 Å². The van der Waals surface area contributed by atoms with Crippen molar-refractivity contribution in [1.82, 2.24) is 0 Å². The van der Waals surface area contributed by atoms with Crippen molar-refractivity contribution >= 4 is 40.2 Å². The Morgan fingerprint density at radius 2 is 0.623 bits per heavy atom. The Kier molecular flexibility index (Phi) is 11.8. The van der Waals surface area contributed by atoms with Crippen molar-refractivity contribution in [2.45, 2.75) is 94.9 Å². The Balaban J connectivity index is 1.87. The van der Waals surface area contributed by atoms with Gasteiger partial charge in [-0.05, 0) is 0 Å². The normalized spacial score (nSPS) is 11.7. The summed E-state index contributed by atoms with van der Waals surface area (Å²) in [6.07, 6.45) is 3.70. The molecule has 53 heavy (non-hydrogen) atoms. The third-order valence-electron chi connectivity index (χ3n) is 11.2. The molecule has 6 aromatic carbocycles. The molecule has 0 aromatic heterocycles. The average Bonchev–Trinajstić information content (AvgIpc) is 3.12. The molecule has 0 atom stereocenters. The van der Waals surface area contributed by atoms with Crippen LogP contribution >= 0.6 is 20.0 Å². The molecular formula is C50H54Cl2Ge. The van der Waals surface area contributed by atoms with Crippen molar-refractivity contribution in [2.75, 3.05) is 0 Å². The molecule has 6 rings (SSSR count). The molecule has 0 amide bonds. The van der Waals surface area contributed by atoms with E-state index in [0.29, 0.717) is 0 Å². The van der Waals surface area contributed by atoms with E-state index in [1.54, 1.807) is 0 Å². The van der Waals surface area contributed by atoms with Crippen LogP contribution in [0.2, 0.25) is 0 Å². The molecule has 0 saturated carbocycles. The third kappa shape index (κ3) is 7.20. The minimum atomic E-state index is -4.46. The summed E-state index contributed by atoms with van der Waals surface area (Å²) in [6.45, 7) is 22.4. The Morgan fingerprint density at radius 3 is 0.887 bits per heavy atom. The van der Waals surface area contributed by atoms with Gasteiger partial charge in [0.15, 0.2) is 0 Å². The number of hydrogen-bond acceptors (Lipinski definition) is 0. The molecule has 3 heteroatoms. The number of halogens is 2. The molecule has 0 aliphatic rings. The summed E-state index contributed by atoms with van der Waals surface area (Å²) in [4.78, 5) is 0. The Hall–Kier alpha value is -3.56. The van der Waals surface area contributed by atoms with Crippen molar-refractivity contribution in [3.63, 3.8) is 0 Å². The van der Waals surface area contributed by atoms with Crippen LogP contribution in [-0.2, 0) is 25.7 Å². The molecule has 0 bridgehead atoms. The third-order valence-corrected chi connectivity index (χ3v) is 20.0. The van der Waals surface area contributed by atoms with Gasteiger partial charge >= 0.3 is 332 Å². The molecule has 0 aliphatic carbocycles. The topological polar surface area (TPSA) is 0 Å². The van der Waals surface area contributed by atoms with Crippen LogP contribution in [0.3, 0.4) is 0 Å². The van der Waals surface area contributed by atoms with Crippen LogP contribution in [-0.4, -0.2) is 11.4 Å². The van der Waals surface area contributed by atoms with Crippen LogP contribution in [0.15, 0.2) is 97.1 Å². The van der Waals surface area contributed by atoms with Gasteiger partial charge in [-0.2, -0.15) is 0 Å². The van der Waals surface area contributed by atoms with Gasteiger partial charge in [0.25, 0.3) is 0 Å². The molecule has 0 unspecified atom stereocenters. The SMILES string of the molecule is CCc1cccc(CC)c1-c1cccc(-c2c(CC)cccc2CC)[c]1[Ge]([Cl])([Cl])[c]1c(-c2c(C)cc(C)cc2C)cccc1-c1c(C)cc(C)cc1C. The summed E-state index contributed by atoms with van der Waals surface area (Å²) in [6, 6.07) is 36.4. The molecule has 0 saturated heterocycles. The number of rotatable bonds is 10. The molecule has 6 aromatic rings. The van der Waals surface area contributed by atoms with E-state index in [0.717, 1.165) is 45.6 Å². The number of aryl methyl sites for hydroxylation is 10. The molecule has 0 spiro atoms. The van der Waals surface area contributed by atoms with Crippen molar-refractivity contribution in [3.05, 3.63) is 153 Å². The van der Waals surface area contributed by atoms with Crippen LogP contribution in [0.25, 0.3) is 44.5 Å². The molecule has 0 nitrogen and oxygen atoms in total. The predicted molar refractivity (Wildman–Crippen MR) is 237 cm³/mol. The summed E-state index contributed by atoms with van der Waals surface area (Å²) < 4.78 is 2.26. The molecule has 272 valence electrons. The van der Waals surface area contributed by atoms with Gasteiger partial charge in [-0.1, -0.05) is 0 Å². The van der Waals surface area contributed by atoms with Gasteiger partial charge in [0, 0.05) is 0 Å². The predicted octanol–water partition coefficient (Wildman–Crippen LogP) is 13.5. The van der Waals surface area contributed by atoms with Gasteiger partial charge in [0.05, 0.1) is 0 Å². The van der Waals surface area contributed by atoms with E-state index in [-0.39, 0.29) is 0 Å². The van der Waals surface area contributed by atoms with E-state index in [1.165, 1.54) is 89.0 Å². The summed E-state index contributed by atoms with van der Waals surface area (Å²) in [7, 11) is 17.2. The fraction of sp³-hybridized carbons (Fsp3) is 0.280. The Labute approximate surface area is 330 Å². The van der Waals surface area contributed by atoms with Crippen LogP contribution in [0.4, 0.5) is 0 Å². The van der Waals surface area contributed by atoms with Crippen LogP contribution in [0, 0.1) is 41.5 Å². The van der Waals surface area contributed by atoms with Crippen LogP contribution in [0.1, 0.15) is 83.3 Å². The zero-order valence-electron chi connectivity index (χ0n) is 33.3. The van der Waals surface area contributed by atoms with Gasteiger partial charge in [-0.15, -0.1) is 0 Å². The van der Waals surface area contributed by atoms with Gasteiger partial charge in [-0.3, -0.25) is 0 Å². The van der Waals surface area contributed by atoms with Gasteiger partial charge in [-0.25, -0.2) is 0 Å². The molecule has 0 heterocycles. The second-order valence-electron chi connectivity index (χ2n) is 14.9. The first-order chi connectivity index (χ1) is 25.4. The van der Waals surface area contributed by atoms with E-state index in [4.69, 9.17) is 20.0 Å². The summed E-state index contributed by atoms with van der Waals surface area (Å²) >= 11 is -4.46. The molecule has 0 aliphatic heterocycles. The van der Waals surface area contributed by atoms with Crippen molar-refractivity contribution in [1.29, 1.82) is 0 Å². The first kappa shape index (κ1) is 39.1. The Bertz CT molecular complexity index is 2090. The van der Waals surface area contributed by atoms with E-state index in [9.17, 15) is 0 Å². The first-order valence-corrected chi connectivity index (χ1v) is 27.0. The Morgan fingerprint density at radius 1 is 0.377 bits per heavy atom. The second-order valence-corrected chi connectivity index (χ2v) is 26.3. The van der Waals surface area contributed by atoms with Crippen LogP contribution < -0.4 is 8.79 Å². The maximum atomic E-state index is 8.61. The standard InChI is InChI=1S/C50H54Cl2Ge/c1-11-37-19-15-20-38(12-2)47(37)43-25-18-26-44(48-39(13-3)21-16-22-40(48)14-4)50(43)53(51,52)49-41(45-33(7)27-31(5)28-34(45)8)23-17-24-42(49)46-35(9)29-32(6)30-36(46)10/h15-30H,11-14H2,1-10H3. The summed E-state index contributed by atoms with van der Waals surface area (Å²) in [5.41, 5.74) is 22.5. The van der Waals surface area contributed by atoms with Crippen molar-refractivity contribution < 1.29 is 0 Å².